The van der Waals surface area contributed by atoms with Gasteiger partial charge < -0.3 is 15.0 Å². The Hall–Kier alpha value is -3.53. The Bertz CT molecular complexity index is 1510. The number of aryl methyl sites for hydroxylation is 1. The number of carbonyl (C=O) groups excluding carboxylic acids is 2. The number of alkyl halides is 3. The summed E-state index contributed by atoms with van der Waals surface area (Å²) < 4.78 is 40.9. The van der Waals surface area contributed by atoms with Crippen LogP contribution in [0.5, 0.6) is 5.75 Å². The Morgan fingerprint density at radius 2 is 1.90 bits per heavy atom. The molecule has 2 N–H and O–H groups in total. The minimum Gasteiger partial charge on any atom is -0.506 e. The number of nitrogens with one attached hydrogen (secondary N) is 1. The molecule has 0 saturated heterocycles. The number of rotatable bonds is 11. The molecular weight excluding hydrogens is 545 g/mol. The van der Waals surface area contributed by atoms with Crippen LogP contribution in [0.2, 0.25) is 5.02 Å². The van der Waals surface area contributed by atoms with E-state index in [0.29, 0.717) is 35.6 Å². The highest BCUT2D eigenvalue weighted by molar-refractivity contribution is 6.31. The highest BCUT2D eigenvalue weighted by Gasteiger charge is 2.28. The molecule has 0 aliphatic rings. The van der Waals surface area contributed by atoms with E-state index in [9.17, 15) is 27.9 Å². The van der Waals surface area contributed by atoms with Crippen molar-refractivity contribution in [2.45, 2.75) is 59.2 Å². The number of amides is 1. The lowest BCUT2D eigenvalue weighted by molar-refractivity contribution is -0.123. The molecule has 4 rings (SSSR count). The number of nitrogens with zero attached hydrogens (tertiary/aromatic N) is 3. The second-order valence-electron chi connectivity index (χ2n) is 9.81. The van der Waals surface area contributed by atoms with Crippen LogP contribution >= 0.6 is 11.6 Å². The molecule has 216 valence electrons. The summed E-state index contributed by atoms with van der Waals surface area (Å²) in [4.78, 5) is 25.1. The number of aromatic nitrogens is 3. The molecule has 0 bridgehead atoms. The summed E-state index contributed by atoms with van der Waals surface area (Å²) in [5.74, 6) is -1.14. The van der Waals surface area contributed by atoms with Crippen LogP contribution in [0.1, 0.15) is 67.3 Å². The second kappa shape index (κ2) is 12.8. The first-order chi connectivity index (χ1) is 18.5. The number of hydrogen-bond donors (Lipinski definition) is 2. The molecule has 1 amide bonds. The summed E-state index contributed by atoms with van der Waals surface area (Å²) in [5.41, 5.74) is 1.77. The van der Waals surface area contributed by atoms with Gasteiger partial charge in [0.2, 0.25) is 0 Å². The molecule has 7 nitrogen and oxygen atoms in total. The highest BCUT2D eigenvalue weighted by atomic mass is 35.5. The number of phenolic OH excluding ortho intramolecular Hbond substituents is 1. The molecule has 0 spiro atoms. The van der Waals surface area contributed by atoms with Crippen molar-refractivity contribution in [3.63, 3.8) is 0 Å². The molecule has 0 aliphatic carbocycles. The van der Waals surface area contributed by atoms with Gasteiger partial charge in [-0.2, -0.15) is 18.3 Å². The molecule has 1 unspecified atom stereocenters. The number of aromatic hydroxyl groups is 1. The van der Waals surface area contributed by atoms with Crippen LogP contribution in [0.4, 0.5) is 13.2 Å². The zero-order valence-corrected chi connectivity index (χ0v) is 22.4. The second-order valence-corrected chi connectivity index (χ2v) is 10.2. The van der Waals surface area contributed by atoms with Crippen molar-refractivity contribution in [1.29, 1.82) is 0 Å². The number of halogens is 4. The van der Waals surface area contributed by atoms with E-state index < -0.39 is 24.4 Å². The summed E-state index contributed by atoms with van der Waals surface area (Å²) in [5, 5.41) is 18.6. The van der Waals surface area contributed by atoms with E-state index in [1.165, 1.54) is 12.1 Å². The molecule has 11 heteroatoms. The predicted octanol–water partition coefficient (Wildman–Crippen LogP) is 7.28. The van der Waals surface area contributed by atoms with E-state index in [1.54, 1.807) is 22.3 Å². The first-order valence-electron chi connectivity index (χ1n) is 12.8. The Balaban J connectivity index is 0.00000441. The van der Waals surface area contributed by atoms with Crippen LogP contribution < -0.4 is 5.32 Å². The summed E-state index contributed by atoms with van der Waals surface area (Å²) in [6.07, 6.45) is 0.786. The van der Waals surface area contributed by atoms with Gasteiger partial charge in [-0.25, -0.2) is 0 Å². The third-order valence-electron chi connectivity index (χ3n) is 6.85. The maximum absolute atomic E-state index is 13.0. The standard InChI is InChI=1S/C28H30ClF3N4O3.CH4/c1-3-5-17(6-4-7-25(37)24-13-18-12-19(29)8-11-23(18)35(24)2)14-36-15-21-22(34-36)10-9-20(26(21)38)27(39)33-16-28(30,31)32;/h8-13,15,17,38H,3-7,14,16H2,1-2H3,(H,33,39);1H4. The molecule has 0 saturated carbocycles. The number of benzene rings is 2. The van der Waals surface area contributed by atoms with Crippen LogP contribution in [0, 0.1) is 5.92 Å². The lowest BCUT2D eigenvalue weighted by atomic mass is 9.96. The molecule has 4 aromatic rings. The number of Topliss-reactive ketones (excluding diaryl/α,β-unsaturated/α-hetero) is 1. The fraction of sp³-hybridized carbons (Fsp3) is 0.414. The van der Waals surface area contributed by atoms with Gasteiger partial charge in [-0.1, -0.05) is 32.4 Å². The van der Waals surface area contributed by atoms with Crippen molar-refractivity contribution in [3.8, 4) is 5.75 Å². The van der Waals surface area contributed by atoms with Crippen LogP contribution in [0.15, 0.2) is 42.6 Å². The third-order valence-corrected chi connectivity index (χ3v) is 7.09. The van der Waals surface area contributed by atoms with Gasteiger partial charge in [-0.15, -0.1) is 0 Å². The van der Waals surface area contributed by atoms with Crippen molar-refractivity contribution >= 4 is 45.1 Å². The van der Waals surface area contributed by atoms with Crippen LogP contribution in [0.25, 0.3) is 21.8 Å². The van der Waals surface area contributed by atoms with Gasteiger partial charge in [0, 0.05) is 42.1 Å². The maximum Gasteiger partial charge on any atom is 0.405 e. The highest BCUT2D eigenvalue weighted by Crippen LogP contribution is 2.30. The van der Waals surface area contributed by atoms with E-state index in [2.05, 4.69) is 12.0 Å². The van der Waals surface area contributed by atoms with Crippen LogP contribution in [0.3, 0.4) is 0 Å². The molecule has 0 radical (unpaired) electrons. The molecule has 2 aromatic carbocycles. The lowest BCUT2D eigenvalue weighted by Crippen LogP contribution is -2.33. The Kier molecular flexibility index (Phi) is 9.89. The third kappa shape index (κ3) is 7.15. The first kappa shape index (κ1) is 31.0. The van der Waals surface area contributed by atoms with Gasteiger partial charge in [-0.3, -0.25) is 14.3 Å². The minimum atomic E-state index is -4.55. The minimum absolute atomic E-state index is 0. The van der Waals surface area contributed by atoms with Gasteiger partial charge in [0.25, 0.3) is 5.91 Å². The Morgan fingerprint density at radius 1 is 1.15 bits per heavy atom. The molecule has 0 aliphatic heterocycles. The largest absolute Gasteiger partial charge is 0.506 e. The monoisotopic (exact) mass is 578 g/mol. The average molecular weight is 579 g/mol. The van der Waals surface area contributed by atoms with Crippen molar-refractivity contribution < 1.29 is 27.9 Å². The summed E-state index contributed by atoms with van der Waals surface area (Å²) in [7, 11) is 1.87. The fourth-order valence-electron chi connectivity index (χ4n) is 4.95. The van der Waals surface area contributed by atoms with Crippen molar-refractivity contribution in [3.05, 3.63) is 58.9 Å². The van der Waals surface area contributed by atoms with Crippen LogP contribution in [-0.4, -0.2) is 43.9 Å². The summed E-state index contributed by atoms with van der Waals surface area (Å²) in [6, 6.07) is 10.2. The van der Waals surface area contributed by atoms with E-state index in [0.717, 1.165) is 30.2 Å². The van der Waals surface area contributed by atoms with Gasteiger partial charge in [0.15, 0.2) is 5.78 Å². The smallest absolute Gasteiger partial charge is 0.405 e. The van der Waals surface area contributed by atoms with E-state index in [4.69, 9.17) is 11.6 Å². The molecule has 0 fully saturated rings. The lowest BCUT2D eigenvalue weighted by Gasteiger charge is -2.16. The zero-order chi connectivity index (χ0) is 28.3. The molecule has 2 heterocycles. The quantitative estimate of drug-likeness (QED) is 0.183. The van der Waals surface area contributed by atoms with Crippen molar-refractivity contribution in [2.75, 3.05) is 6.54 Å². The number of hydrogen-bond acceptors (Lipinski definition) is 4. The zero-order valence-electron chi connectivity index (χ0n) is 21.7. The SMILES string of the molecule is C.CCCC(CCCC(=O)c1cc2cc(Cl)ccc2n1C)Cn1cc2c(O)c(C(=O)NCC(F)(F)F)ccc2n1. The van der Waals surface area contributed by atoms with Crippen molar-refractivity contribution in [2.24, 2.45) is 13.0 Å². The maximum atomic E-state index is 13.0. The van der Waals surface area contributed by atoms with E-state index in [-0.39, 0.29) is 30.1 Å². The Morgan fingerprint density at radius 3 is 2.60 bits per heavy atom. The molecular formula is C29H34ClF3N4O3. The molecule has 1 atom stereocenters. The van der Waals surface area contributed by atoms with Gasteiger partial charge in [0.05, 0.1) is 22.2 Å². The van der Waals surface area contributed by atoms with E-state index >= 15 is 0 Å². The molecule has 40 heavy (non-hydrogen) atoms. The van der Waals surface area contributed by atoms with Gasteiger partial charge in [0.1, 0.15) is 12.3 Å². The topological polar surface area (TPSA) is 89.1 Å². The van der Waals surface area contributed by atoms with Gasteiger partial charge in [-0.05, 0) is 61.6 Å². The number of phenols is 1. The first-order valence-corrected chi connectivity index (χ1v) is 13.2. The number of ketones is 1. The molecule has 2 aromatic heterocycles. The summed E-state index contributed by atoms with van der Waals surface area (Å²) in [6.45, 7) is 1.13. The van der Waals surface area contributed by atoms with Crippen LogP contribution in [-0.2, 0) is 13.6 Å². The summed E-state index contributed by atoms with van der Waals surface area (Å²) >= 11 is 6.09. The number of carbonyl (C=O) groups is 2. The average Bonchev–Trinajstić information content (AvgIpc) is 3.43. The Labute approximate surface area is 235 Å². The predicted molar refractivity (Wildman–Crippen MR) is 151 cm³/mol. The fourth-order valence-corrected chi connectivity index (χ4v) is 5.13. The van der Waals surface area contributed by atoms with Gasteiger partial charge >= 0.3 is 6.18 Å². The van der Waals surface area contributed by atoms with E-state index in [1.807, 2.05) is 29.8 Å². The number of fused-ring (bicyclic) bond motifs is 2. The normalized spacial score (nSPS) is 12.4. The van der Waals surface area contributed by atoms with Crippen molar-refractivity contribution in [1.82, 2.24) is 19.7 Å².